The Labute approximate surface area is 81.0 Å². The monoisotopic (exact) mass is 181 g/mol. The molecule has 0 atom stereocenters. The zero-order valence-electron chi connectivity index (χ0n) is 8.95. The molecule has 0 radical (unpaired) electrons. The lowest BCUT2D eigenvalue weighted by atomic mass is 10.2. The maximum absolute atomic E-state index is 8.25. The Morgan fingerprint density at radius 3 is 1.85 bits per heavy atom. The maximum atomic E-state index is 8.25. The molecule has 0 aliphatic heterocycles. The van der Waals surface area contributed by atoms with Crippen molar-refractivity contribution in [3.63, 3.8) is 0 Å². The Kier molecular flexibility index (Phi) is 5.35. The van der Waals surface area contributed by atoms with Gasteiger partial charge in [0.1, 0.15) is 6.54 Å². The molecule has 2 nitrogen and oxygen atoms in total. The van der Waals surface area contributed by atoms with E-state index < -0.39 is 0 Å². The quantitative estimate of drug-likeness (QED) is 0.621. The molecule has 0 saturated carbocycles. The number of benzene rings is 1. The van der Waals surface area contributed by atoms with Crippen LogP contribution in [-0.4, -0.2) is 32.7 Å². The highest BCUT2D eigenvalue weighted by molar-refractivity contribution is 5.13. The Morgan fingerprint density at radius 2 is 1.46 bits per heavy atom. The predicted octanol–water partition coefficient (Wildman–Crippen LogP) is 0.869. The molecule has 1 aromatic carbocycles. The van der Waals surface area contributed by atoms with Gasteiger partial charge < -0.3 is 9.59 Å². The molecule has 1 rings (SSSR count). The number of rotatable bonds is 2. The smallest absolute Gasteiger partial charge is 0.104 e. The molecule has 0 saturated heterocycles. The van der Waals surface area contributed by atoms with Crippen LogP contribution in [0.25, 0.3) is 0 Å². The summed E-state index contributed by atoms with van der Waals surface area (Å²) in [5.74, 6) is 0. The second-order valence-electron chi connectivity index (χ2n) is 3.93. The van der Waals surface area contributed by atoms with Gasteiger partial charge in [-0.2, -0.15) is 7.11 Å². The van der Waals surface area contributed by atoms with E-state index in [1.54, 1.807) is 0 Å². The molecule has 74 valence electrons. The molecule has 0 aliphatic rings. The van der Waals surface area contributed by atoms with Crippen molar-refractivity contribution >= 4 is 0 Å². The SMILES string of the molecule is C[N+](C)(C)Cc1ccccc1.C[O-]. The number of nitrogens with zero attached hydrogens (tertiary/aromatic N) is 1. The highest BCUT2D eigenvalue weighted by atomic mass is 16.2. The Bertz CT molecular complexity index is 213. The van der Waals surface area contributed by atoms with Crippen molar-refractivity contribution in [1.82, 2.24) is 0 Å². The van der Waals surface area contributed by atoms with Crippen molar-refractivity contribution in [3.8, 4) is 0 Å². The van der Waals surface area contributed by atoms with E-state index in [9.17, 15) is 0 Å². The lowest BCUT2D eigenvalue weighted by molar-refractivity contribution is -0.884. The summed E-state index contributed by atoms with van der Waals surface area (Å²) < 4.78 is 0.990. The van der Waals surface area contributed by atoms with E-state index in [1.807, 2.05) is 0 Å². The minimum Gasteiger partial charge on any atom is -0.857 e. The average Bonchev–Trinajstić information content (AvgIpc) is 2.07. The van der Waals surface area contributed by atoms with E-state index in [0.717, 1.165) is 18.1 Å². The van der Waals surface area contributed by atoms with Crippen LogP contribution in [0, 0.1) is 0 Å². The van der Waals surface area contributed by atoms with Gasteiger partial charge in [-0.25, -0.2) is 0 Å². The van der Waals surface area contributed by atoms with Crippen molar-refractivity contribution in [2.45, 2.75) is 6.54 Å². The Morgan fingerprint density at radius 1 is 1.00 bits per heavy atom. The maximum Gasteiger partial charge on any atom is 0.104 e. The minimum atomic E-state index is 0.750. The number of hydrogen-bond donors (Lipinski definition) is 0. The standard InChI is InChI=1S/C10H16N.CH3O/c1-11(2,3)9-10-7-5-4-6-8-10;1-2/h4-8H,9H2,1-3H3;1H3/q+1;-1. The van der Waals surface area contributed by atoms with Crippen molar-refractivity contribution in [1.29, 1.82) is 0 Å². The fourth-order valence-electron chi connectivity index (χ4n) is 1.13. The zero-order valence-corrected chi connectivity index (χ0v) is 8.95. The first-order valence-corrected chi connectivity index (χ1v) is 4.33. The molecule has 1 aromatic rings. The molecule has 2 heteroatoms. The van der Waals surface area contributed by atoms with Crippen LogP contribution in [0.3, 0.4) is 0 Å². The van der Waals surface area contributed by atoms with Gasteiger partial charge in [-0.3, -0.25) is 0 Å². The molecular weight excluding hydrogens is 162 g/mol. The van der Waals surface area contributed by atoms with Crippen LogP contribution < -0.4 is 5.11 Å². The summed E-state index contributed by atoms with van der Waals surface area (Å²) in [4.78, 5) is 0. The highest BCUT2D eigenvalue weighted by Gasteiger charge is 2.06. The van der Waals surface area contributed by atoms with Crippen molar-refractivity contribution in [3.05, 3.63) is 35.9 Å². The van der Waals surface area contributed by atoms with E-state index >= 15 is 0 Å². The first-order chi connectivity index (χ1) is 6.08. The van der Waals surface area contributed by atoms with Gasteiger partial charge >= 0.3 is 0 Å². The number of quaternary nitrogens is 1. The second kappa shape index (κ2) is 5.73. The van der Waals surface area contributed by atoms with Gasteiger partial charge in [0.15, 0.2) is 0 Å². The average molecular weight is 181 g/mol. The molecule has 0 heterocycles. The second-order valence-corrected chi connectivity index (χ2v) is 3.93. The van der Waals surface area contributed by atoms with Crippen LogP contribution in [0.2, 0.25) is 0 Å². The van der Waals surface area contributed by atoms with Gasteiger partial charge in [0.05, 0.1) is 21.1 Å². The van der Waals surface area contributed by atoms with Crippen LogP contribution in [0.5, 0.6) is 0 Å². The summed E-state index contributed by atoms with van der Waals surface area (Å²) in [5.41, 5.74) is 1.40. The summed E-state index contributed by atoms with van der Waals surface area (Å²) in [7, 11) is 7.35. The fraction of sp³-hybridized carbons (Fsp3) is 0.455. The van der Waals surface area contributed by atoms with Gasteiger partial charge in [-0.1, -0.05) is 30.3 Å². The van der Waals surface area contributed by atoms with E-state index in [-0.39, 0.29) is 0 Å². The molecular formula is C11H19NO. The summed E-state index contributed by atoms with van der Waals surface area (Å²) in [6.07, 6.45) is 0. The van der Waals surface area contributed by atoms with Gasteiger partial charge in [0.2, 0.25) is 0 Å². The largest absolute Gasteiger partial charge is 0.857 e. The Balaban J connectivity index is 0.000000671. The molecule has 0 aliphatic carbocycles. The van der Waals surface area contributed by atoms with Crippen LogP contribution in [-0.2, 0) is 6.54 Å². The molecule has 0 spiro atoms. The van der Waals surface area contributed by atoms with Crippen molar-refractivity contribution in [2.75, 3.05) is 28.3 Å². The summed E-state index contributed by atoms with van der Waals surface area (Å²) in [5, 5.41) is 8.25. The van der Waals surface area contributed by atoms with Crippen molar-refractivity contribution < 1.29 is 9.59 Å². The molecule has 0 amide bonds. The number of hydrogen-bond acceptors (Lipinski definition) is 1. The normalized spacial score (nSPS) is 10.2. The van der Waals surface area contributed by atoms with Crippen molar-refractivity contribution in [2.24, 2.45) is 0 Å². The lowest BCUT2D eigenvalue weighted by Crippen LogP contribution is -2.33. The molecule has 0 aromatic heterocycles. The third-order valence-electron chi connectivity index (χ3n) is 1.50. The van der Waals surface area contributed by atoms with Crippen LogP contribution in [0.1, 0.15) is 5.56 Å². The first kappa shape index (κ1) is 12.1. The molecule has 0 bridgehead atoms. The lowest BCUT2D eigenvalue weighted by Gasteiger charge is -2.23. The molecule has 13 heavy (non-hydrogen) atoms. The third-order valence-corrected chi connectivity index (χ3v) is 1.50. The van der Waals surface area contributed by atoms with Crippen LogP contribution in [0.15, 0.2) is 30.3 Å². The summed E-state index contributed by atoms with van der Waals surface area (Å²) in [6, 6.07) is 10.6. The topological polar surface area (TPSA) is 23.1 Å². The molecule has 0 fully saturated rings. The van der Waals surface area contributed by atoms with E-state index in [2.05, 4.69) is 51.5 Å². The predicted molar refractivity (Wildman–Crippen MR) is 54.1 cm³/mol. The van der Waals surface area contributed by atoms with Gasteiger partial charge in [-0.15, -0.1) is 0 Å². The molecule has 0 unspecified atom stereocenters. The van der Waals surface area contributed by atoms with E-state index in [0.29, 0.717) is 0 Å². The van der Waals surface area contributed by atoms with E-state index in [4.69, 9.17) is 5.11 Å². The fourth-order valence-corrected chi connectivity index (χ4v) is 1.13. The summed E-state index contributed by atoms with van der Waals surface area (Å²) >= 11 is 0. The van der Waals surface area contributed by atoms with Gasteiger partial charge in [-0.05, 0) is 0 Å². The Hall–Kier alpha value is -0.860. The highest BCUT2D eigenvalue weighted by Crippen LogP contribution is 2.04. The van der Waals surface area contributed by atoms with Gasteiger partial charge in [0.25, 0.3) is 0 Å². The van der Waals surface area contributed by atoms with Gasteiger partial charge in [0, 0.05) is 5.56 Å². The minimum absolute atomic E-state index is 0.750. The summed E-state index contributed by atoms with van der Waals surface area (Å²) in [6.45, 7) is 1.10. The third kappa shape index (κ3) is 6.31. The van der Waals surface area contributed by atoms with Crippen LogP contribution >= 0.6 is 0 Å². The van der Waals surface area contributed by atoms with Crippen LogP contribution in [0.4, 0.5) is 0 Å². The van der Waals surface area contributed by atoms with E-state index in [1.165, 1.54) is 5.56 Å². The zero-order chi connectivity index (χ0) is 10.3. The molecule has 0 N–H and O–H groups in total. The first-order valence-electron chi connectivity index (χ1n) is 4.33.